The fourth-order valence-electron chi connectivity index (χ4n) is 2.77. The molecule has 2 saturated carbocycles. The lowest BCUT2D eigenvalue weighted by atomic mass is 9.95. The standard InChI is InChI=1S/C14H24N2O3/c17-13(15-12-4-2-1-3-5-12)9-16(10-14(18)19)8-11-6-7-11/h11-12H,1-10H2,(H,15,17)(H,18,19). The van der Waals surface area contributed by atoms with Crippen LogP contribution in [0.1, 0.15) is 44.9 Å². The highest BCUT2D eigenvalue weighted by atomic mass is 16.4. The van der Waals surface area contributed by atoms with Crippen LogP contribution in [-0.4, -0.2) is 47.6 Å². The molecule has 0 heterocycles. The molecule has 2 aliphatic rings. The number of aliphatic carboxylic acids is 1. The first-order valence-corrected chi connectivity index (χ1v) is 7.37. The monoisotopic (exact) mass is 268 g/mol. The number of hydrogen-bond acceptors (Lipinski definition) is 3. The topological polar surface area (TPSA) is 69.6 Å². The van der Waals surface area contributed by atoms with Gasteiger partial charge in [-0.15, -0.1) is 0 Å². The molecule has 1 amide bonds. The maximum atomic E-state index is 12.0. The largest absolute Gasteiger partial charge is 0.480 e. The summed E-state index contributed by atoms with van der Waals surface area (Å²) in [6.45, 7) is 0.929. The van der Waals surface area contributed by atoms with Crippen LogP contribution in [0.25, 0.3) is 0 Å². The molecule has 0 unspecified atom stereocenters. The van der Waals surface area contributed by atoms with E-state index in [0.29, 0.717) is 12.0 Å². The lowest BCUT2D eigenvalue weighted by molar-refractivity contribution is -0.138. The number of nitrogens with one attached hydrogen (secondary N) is 1. The molecule has 0 aromatic heterocycles. The van der Waals surface area contributed by atoms with Gasteiger partial charge in [0.1, 0.15) is 0 Å². The number of rotatable bonds is 7. The second kappa shape index (κ2) is 6.89. The molecule has 0 aromatic carbocycles. The van der Waals surface area contributed by atoms with Crippen molar-refractivity contribution in [1.29, 1.82) is 0 Å². The fourth-order valence-corrected chi connectivity index (χ4v) is 2.77. The van der Waals surface area contributed by atoms with Gasteiger partial charge in [-0.25, -0.2) is 0 Å². The van der Waals surface area contributed by atoms with Crippen LogP contribution in [0, 0.1) is 5.92 Å². The molecule has 5 nitrogen and oxygen atoms in total. The van der Waals surface area contributed by atoms with Crippen molar-refractivity contribution in [2.24, 2.45) is 5.92 Å². The molecule has 0 radical (unpaired) electrons. The van der Waals surface area contributed by atoms with Gasteiger partial charge >= 0.3 is 5.97 Å². The minimum Gasteiger partial charge on any atom is -0.480 e. The number of carbonyl (C=O) groups excluding carboxylic acids is 1. The summed E-state index contributed by atoms with van der Waals surface area (Å²) >= 11 is 0. The molecule has 0 atom stereocenters. The molecule has 2 rings (SSSR count). The average molecular weight is 268 g/mol. The summed E-state index contributed by atoms with van der Waals surface area (Å²) < 4.78 is 0. The minimum atomic E-state index is -0.855. The van der Waals surface area contributed by atoms with Crippen molar-refractivity contribution in [2.45, 2.75) is 51.0 Å². The van der Waals surface area contributed by atoms with Crippen molar-refractivity contribution < 1.29 is 14.7 Å². The van der Waals surface area contributed by atoms with E-state index in [1.54, 1.807) is 4.90 Å². The van der Waals surface area contributed by atoms with E-state index in [4.69, 9.17) is 5.11 Å². The van der Waals surface area contributed by atoms with Crippen molar-refractivity contribution in [3.63, 3.8) is 0 Å². The Hall–Kier alpha value is -1.10. The zero-order chi connectivity index (χ0) is 13.7. The molecule has 0 saturated heterocycles. The van der Waals surface area contributed by atoms with E-state index >= 15 is 0 Å². The van der Waals surface area contributed by atoms with Gasteiger partial charge in [-0.3, -0.25) is 14.5 Å². The van der Waals surface area contributed by atoms with Gasteiger partial charge in [-0.05, 0) is 31.6 Å². The van der Waals surface area contributed by atoms with E-state index in [0.717, 1.165) is 19.4 Å². The maximum Gasteiger partial charge on any atom is 0.317 e. The van der Waals surface area contributed by atoms with Crippen LogP contribution < -0.4 is 5.32 Å². The Balaban J connectivity index is 1.74. The maximum absolute atomic E-state index is 12.0. The summed E-state index contributed by atoms with van der Waals surface area (Å²) in [6, 6.07) is 0.300. The second-order valence-corrected chi connectivity index (χ2v) is 5.91. The highest BCUT2D eigenvalue weighted by molar-refractivity contribution is 5.79. The van der Waals surface area contributed by atoms with Gasteiger partial charge in [0, 0.05) is 12.6 Å². The molecule has 108 valence electrons. The van der Waals surface area contributed by atoms with E-state index in [1.165, 1.54) is 32.1 Å². The summed E-state index contributed by atoms with van der Waals surface area (Å²) in [6.07, 6.45) is 8.10. The molecule has 0 aliphatic heterocycles. The lowest BCUT2D eigenvalue weighted by Gasteiger charge is -2.25. The van der Waals surface area contributed by atoms with E-state index in [2.05, 4.69) is 5.32 Å². The Labute approximate surface area is 114 Å². The number of carboxylic acid groups (broad SMARTS) is 1. The average Bonchev–Trinajstić information content (AvgIpc) is 3.13. The predicted molar refractivity (Wildman–Crippen MR) is 71.8 cm³/mol. The summed E-state index contributed by atoms with van der Waals surface area (Å²) in [7, 11) is 0. The SMILES string of the molecule is O=C(O)CN(CC(=O)NC1CCCCC1)CC1CC1. The number of amides is 1. The first kappa shape index (κ1) is 14.3. The molecular weight excluding hydrogens is 244 g/mol. The van der Waals surface area contributed by atoms with Crippen molar-refractivity contribution in [1.82, 2.24) is 10.2 Å². The fraction of sp³-hybridized carbons (Fsp3) is 0.857. The first-order valence-electron chi connectivity index (χ1n) is 7.37. The summed E-state index contributed by atoms with van der Waals surface area (Å²) in [5, 5.41) is 11.9. The molecule has 19 heavy (non-hydrogen) atoms. The van der Waals surface area contributed by atoms with Gasteiger partial charge in [-0.2, -0.15) is 0 Å². The van der Waals surface area contributed by atoms with E-state index in [9.17, 15) is 9.59 Å². The third-order valence-electron chi connectivity index (χ3n) is 3.91. The summed E-state index contributed by atoms with van der Waals surface area (Å²) in [4.78, 5) is 24.5. The van der Waals surface area contributed by atoms with E-state index < -0.39 is 5.97 Å². The number of hydrogen-bond donors (Lipinski definition) is 2. The van der Waals surface area contributed by atoms with Gasteiger partial charge in [0.15, 0.2) is 0 Å². The second-order valence-electron chi connectivity index (χ2n) is 5.91. The molecule has 0 bridgehead atoms. The lowest BCUT2D eigenvalue weighted by Crippen LogP contribution is -2.44. The zero-order valence-corrected chi connectivity index (χ0v) is 11.4. The molecule has 2 fully saturated rings. The van der Waals surface area contributed by atoms with E-state index in [1.807, 2.05) is 0 Å². The molecular formula is C14H24N2O3. The van der Waals surface area contributed by atoms with Gasteiger partial charge in [0.25, 0.3) is 0 Å². The Morgan fingerprint density at radius 3 is 2.32 bits per heavy atom. The first-order chi connectivity index (χ1) is 9.13. The Morgan fingerprint density at radius 1 is 1.05 bits per heavy atom. The van der Waals surface area contributed by atoms with E-state index in [-0.39, 0.29) is 19.0 Å². The normalized spacial score (nSPS) is 20.5. The van der Waals surface area contributed by atoms with Gasteiger partial charge in [-0.1, -0.05) is 19.3 Å². The molecule has 5 heteroatoms. The van der Waals surface area contributed by atoms with Gasteiger partial charge in [0.2, 0.25) is 5.91 Å². The van der Waals surface area contributed by atoms with Crippen molar-refractivity contribution in [2.75, 3.05) is 19.6 Å². The molecule has 2 N–H and O–H groups in total. The van der Waals surface area contributed by atoms with Crippen LogP contribution in [0.4, 0.5) is 0 Å². The molecule has 2 aliphatic carbocycles. The summed E-state index contributed by atoms with van der Waals surface area (Å²) in [5.74, 6) is -0.276. The Kier molecular flexibility index (Phi) is 5.19. The van der Waals surface area contributed by atoms with Crippen molar-refractivity contribution in [3.05, 3.63) is 0 Å². The van der Waals surface area contributed by atoms with Crippen LogP contribution in [0.3, 0.4) is 0 Å². The predicted octanol–water partition coefficient (Wildman–Crippen LogP) is 1.23. The highest BCUT2D eigenvalue weighted by Crippen LogP contribution is 2.29. The number of carboxylic acids is 1. The number of carbonyl (C=O) groups is 2. The van der Waals surface area contributed by atoms with Crippen molar-refractivity contribution in [3.8, 4) is 0 Å². The quantitative estimate of drug-likeness (QED) is 0.728. The third kappa shape index (κ3) is 5.59. The molecule has 0 spiro atoms. The van der Waals surface area contributed by atoms with Crippen molar-refractivity contribution >= 4 is 11.9 Å². The van der Waals surface area contributed by atoms with Gasteiger partial charge in [0.05, 0.1) is 13.1 Å². The van der Waals surface area contributed by atoms with Gasteiger partial charge < -0.3 is 10.4 Å². The minimum absolute atomic E-state index is 0.0196. The Bertz CT molecular complexity index is 323. The molecule has 0 aromatic rings. The summed E-state index contributed by atoms with van der Waals surface area (Å²) in [5.41, 5.74) is 0. The van der Waals surface area contributed by atoms with Crippen LogP contribution >= 0.6 is 0 Å². The number of nitrogens with zero attached hydrogens (tertiary/aromatic N) is 1. The van der Waals surface area contributed by atoms with Crippen LogP contribution in [0.5, 0.6) is 0 Å². The Morgan fingerprint density at radius 2 is 1.74 bits per heavy atom. The van der Waals surface area contributed by atoms with Crippen LogP contribution in [0.2, 0.25) is 0 Å². The van der Waals surface area contributed by atoms with Crippen LogP contribution in [0.15, 0.2) is 0 Å². The third-order valence-corrected chi connectivity index (χ3v) is 3.91. The smallest absolute Gasteiger partial charge is 0.317 e. The highest BCUT2D eigenvalue weighted by Gasteiger charge is 2.26. The van der Waals surface area contributed by atoms with Crippen LogP contribution in [-0.2, 0) is 9.59 Å². The zero-order valence-electron chi connectivity index (χ0n) is 11.4.